The molecule has 1 fully saturated rings. The molecular weight excluding hydrogens is 214 g/mol. The Labute approximate surface area is 101 Å². The van der Waals surface area contributed by atoms with Crippen molar-refractivity contribution in [1.82, 2.24) is 4.90 Å². The van der Waals surface area contributed by atoms with Crippen molar-refractivity contribution in [1.29, 1.82) is 0 Å². The van der Waals surface area contributed by atoms with Crippen LogP contribution in [0.5, 0.6) is 0 Å². The molecule has 1 aromatic carbocycles. The fourth-order valence-electron chi connectivity index (χ4n) is 2.23. The van der Waals surface area contributed by atoms with E-state index >= 15 is 0 Å². The number of ketones is 1. The maximum absolute atomic E-state index is 12.3. The standard InChI is InChI=1S/C14H17NO2/c1-10-11(2)15(9-8-13(10)16)14(17)12-6-4-3-5-7-12/h3-7,10-11H,8-9H2,1-2H3. The van der Waals surface area contributed by atoms with Crippen LogP contribution in [0.1, 0.15) is 30.6 Å². The Morgan fingerprint density at radius 2 is 1.88 bits per heavy atom. The molecule has 1 aliphatic heterocycles. The highest BCUT2D eigenvalue weighted by Crippen LogP contribution is 2.22. The Bertz CT molecular complexity index is 427. The van der Waals surface area contributed by atoms with Crippen molar-refractivity contribution in [3.63, 3.8) is 0 Å². The highest BCUT2D eigenvalue weighted by atomic mass is 16.2. The van der Waals surface area contributed by atoms with E-state index < -0.39 is 0 Å². The molecule has 0 aromatic heterocycles. The van der Waals surface area contributed by atoms with E-state index in [1.54, 1.807) is 4.90 Å². The molecule has 17 heavy (non-hydrogen) atoms. The average molecular weight is 231 g/mol. The number of Topliss-reactive ketones (excluding diaryl/α,β-unsaturated/α-hetero) is 1. The topological polar surface area (TPSA) is 37.4 Å². The van der Waals surface area contributed by atoms with Crippen LogP contribution in [0.25, 0.3) is 0 Å². The Kier molecular flexibility index (Phi) is 3.27. The minimum Gasteiger partial charge on any atom is -0.335 e. The summed E-state index contributed by atoms with van der Waals surface area (Å²) >= 11 is 0. The first-order valence-electron chi connectivity index (χ1n) is 6.00. The van der Waals surface area contributed by atoms with E-state index in [-0.39, 0.29) is 23.7 Å². The molecule has 90 valence electrons. The van der Waals surface area contributed by atoms with Crippen LogP contribution in [0.2, 0.25) is 0 Å². The van der Waals surface area contributed by atoms with Gasteiger partial charge in [-0.1, -0.05) is 25.1 Å². The minimum absolute atomic E-state index is 0.0102. The fraction of sp³-hybridized carbons (Fsp3) is 0.429. The van der Waals surface area contributed by atoms with E-state index in [2.05, 4.69) is 0 Å². The average Bonchev–Trinajstić information content (AvgIpc) is 2.36. The number of piperidine rings is 1. The molecule has 1 aliphatic rings. The molecular formula is C14H17NO2. The second kappa shape index (κ2) is 4.70. The van der Waals surface area contributed by atoms with Gasteiger partial charge >= 0.3 is 0 Å². The maximum atomic E-state index is 12.3. The molecule has 0 N–H and O–H groups in total. The lowest BCUT2D eigenvalue weighted by Gasteiger charge is -2.37. The molecule has 0 saturated carbocycles. The van der Waals surface area contributed by atoms with Gasteiger partial charge in [0, 0.05) is 30.5 Å². The van der Waals surface area contributed by atoms with Crippen LogP contribution in [0, 0.1) is 5.92 Å². The van der Waals surface area contributed by atoms with Crippen LogP contribution in [0.3, 0.4) is 0 Å². The molecule has 2 rings (SSSR count). The predicted octanol–water partition coefficient (Wildman–Crippen LogP) is 2.13. The van der Waals surface area contributed by atoms with Gasteiger partial charge in [0.1, 0.15) is 5.78 Å². The van der Waals surface area contributed by atoms with Crippen molar-refractivity contribution in [2.24, 2.45) is 5.92 Å². The molecule has 3 heteroatoms. The number of hydrogen-bond acceptors (Lipinski definition) is 2. The predicted molar refractivity (Wildman–Crippen MR) is 65.7 cm³/mol. The number of carbonyl (C=O) groups is 2. The summed E-state index contributed by atoms with van der Waals surface area (Å²) < 4.78 is 0. The van der Waals surface area contributed by atoms with E-state index in [0.717, 1.165) is 0 Å². The third kappa shape index (κ3) is 2.23. The highest BCUT2D eigenvalue weighted by molar-refractivity contribution is 5.96. The number of hydrogen-bond donors (Lipinski definition) is 0. The number of benzene rings is 1. The van der Waals surface area contributed by atoms with Gasteiger partial charge in [0.15, 0.2) is 0 Å². The Morgan fingerprint density at radius 1 is 1.24 bits per heavy atom. The quantitative estimate of drug-likeness (QED) is 0.742. The minimum atomic E-state index is -0.0589. The Hall–Kier alpha value is -1.64. The molecule has 0 bridgehead atoms. The lowest BCUT2D eigenvalue weighted by molar-refractivity contribution is -0.126. The van der Waals surface area contributed by atoms with Gasteiger partial charge < -0.3 is 4.90 Å². The van der Waals surface area contributed by atoms with Gasteiger partial charge in [-0.2, -0.15) is 0 Å². The zero-order chi connectivity index (χ0) is 12.4. The monoisotopic (exact) mass is 231 g/mol. The maximum Gasteiger partial charge on any atom is 0.254 e. The molecule has 1 aromatic rings. The number of rotatable bonds is 1. The molecule has 1 amide bonds. The van der Waals surface area contributed by atoms with Crippen molar-refractivity contribution < 1.29 is 9.59 Å². The van der Waals surface area contributed by atoms with Gasteiger partial charge in [-0.3, -0.25) is 9.59 Å². The van der Waals surface area contributed by atoms with E-state index in [9.17, 15) is 9.59 Å². The third-order valence-corrected chi connectivity index (χ3v) is 3.60. The van der Waals surface area contributed by atoms with Gasteiger partial charge in [0.2, 0.25) is 0 Å². The van der Waals surface area contributed by atoms with Gasteiger partial charge in [0.05, 0.1) is 0 Å². The summed E-state index contributed by atoms with van der Waals surface area (Å²) in [6, 6.07) is 9.23. The van der Waals surface area contributed by atoms with E-state index in [0.29, 0.717) is 18.5 Å². The molecule has 1 heterocycles. The van der Waals surface area contributed by atoms with Gasteiger partial charge in [-0.15, -0.1) is 0 Å². The summed E-state index contributed by atoms with van der Waals surface area (Å²) in [5.41, 5.74) is 0.695. The first-order valence-corrected chi connectivity index (χ1v) is 6.00. The summed E-state index contributed by atoms with van der Waals surface area (Å²) in [5.74, 6) is 0.225. The van der Waals surface area contributed by atoms with E-state index in [4.69, 9.17) is 0 Å². The molecule has 0 radical (unpaired) electrons. The van der Waals surface area contributed by atoms with Gasteiger partial charge in [-0.25, -0.2) is 0 Å². The van der Waals surface area contributed by atoms with Crippen molar-refractivity contribution in [3.8, 4) is 0 Å². The number of carbonyl (C=O) groups excluding carboxylic acids is 2. The van der Waals surface area contributed by atoms with Crippen LogP contribution in [0.15, 0.2) is 30.3 Å². The number of amides is 1. The first-order chi connectivity index (χ1) is 8.11. The largest absolute Gasteiger partial charge is 0.335 e. The SMILES string of the molecule is CC1C(=O)CCN(C(=O)c2ccccc2)C1C. The van der Waals surface area contributed by atoms with Crippen LogP contribution in [-0.4, -0.2) is 29.2 Å². The van der Waals surface area contributed by atoms with Crippen LogP contribution < -0.4 is 0 Å². The second-order valence-electron chi connectivity index (χ2n) is 4.61. The van der Waals surface area contributed by atoms with E-state index in [1.807, 2.05) is 44.2 Å². The van der Waals surface area contributed by atoms with Crippen molar-refractivity contribution in [2.75, 3.05) is 6.54 Å². The molecule has 3 nitrogen and oxygen atoms in total. The summed E-state index contributed by atoms with van der Waals surface area (Å²) in [6.45, 7) is 4.39. The number of nitrogens with zero attached hydrogens (tertiary/aromatic N) is 1. The fourth-order valence-corrected chi connectivity index (χ4v) is 2.23. The summed E-state index contributed by atoms with van der Waals surface area (Å²) in [7, 11) is 0. The molecule has 2 atom stereocenters. The Morgan fingerprint density at radius 3 is 2.53 bits per heavy atom. The first kappa shape index (κ1) is 11.8. The summed E-state index contributed by atoms with van der Waals surface area (Å²) in [6.07, 6.45) is 0.476. The van der Waals surface area contributed by atoms with Crippen LogP contribution in [0.4, 0.5) is 0 Å². The molecule has 1 saturated heterocycles. The summed E-state index contributed by atoms with van der Waals surface area (Å²) in [5, 5.41) is 0. The normalized spacial score (nSPS) is 24.8. The number of likely N-dealkylation sites (tertiary alicyclic amines) is 1. The molecule has 0 spiro atoms. The van der Waals surface area contributed by atoms with Gasteiger partial charge in [-0.05, 0) is 19.1 Å². The summed E-state index contributed by atoms with van der Waals surface area (Å²) in [4.78, 5) is 25.7. The van der Waals surface area contributed by atoms with Crippen LogP contribution in [-0.2, 0) is 4.79 Å². The van der Waals surface area contributed by atoms with Crippen LogP contribution >= 0.6 is 0 Å². The van der Waals surface area contributed by atoms with Crippen molar-refractivity contribution in [2.45, 2.75) is 26.3 Å². The van der Waals surface area contributed by atoms with E-state index in [1.165, 1.54) is 0 Å². The molecule has 0 aliphatic carbocycles. The highest BCUT2D eigenvalue weighted by Gasteiger charge is 2.33. The lowest BCUT2D eigenvalue weighted by atomic mass is 9.90. The third-order valence-electron chi connectivity index (χ3n) is 3.60. The van der Waals surface area contributed by atoms with Gasteiger partial charge in [0.25, 0.3) is 5.91 Å². The zero-order valence-corrected chi connectivity index (χ0v) is 10.2. The lowest BCUT2D eigenvalue weighted by Crippen LogP contribution is -2.49. The molecule has 2 unspecified atom stereocenters. The zero-order valence-electron chi connectivity index (χ0n) is 10.2. The Balaban J connectivity index is 2.18. The van der Waals surface area contributed by atoms with Crippen molar-refractivity contribution >= 4 is 11.7 Å². The second-order valence-corrected chi connectivity index (χ2v) is 4.61. The smallest absolute Gasteiger partial charge is 0.254 e. The van der Waals surface area contributed by atoms with Crippen molar-refractivity contribution in [3.05, 3.63) is 35.9 Å².